The van der Waals surface area contributed by atoms with Gasteiger partial charge in [-0.3, -0.25) is 4.79 Å². The molecule has 4 rings (SSSR count). The largest absolute Gasteiger partial charge is 0.493 e. The smallest absolute Gasteiger partial charge is 0.249 e. The second-order valence-corrected chi connectivity index (χ2v) is 7.25. The van der Waals surface area contributed by atoms with Crippen LogP contribution in [0.25, 0.3) is 11.4 Å². The summed E-state index contributed by atoms with van der Waals surface area (Å²) in [6.45, 7) is 0.559. The first-order chi connectivity index (χ1) is 13.7. The SMILES string of the molecule is COCC(=O)N1Cc2nnc(-c3ccc(OC)c(OC)c3)n2C2CCCCC21. The molecule has 1 fully saturated rings. The maximum atomic E-state index is 12.6. The van der Waals surface area contributed by atoms with Gasteiger partial charge in [-0.1, -0.05) is 12.8 Å². The molecule has 1 aromatic heterocycles. The predicted octanol–water partition coefficient (Wildman–Crippen LogP) is 2.43. The molecule has 8 heteroatoms. The molecule has 2 heterocycles. The first kappa shape index (κ1) is 18.7. The lowest BCUT2D eigenvalue weighted by molar-refractivity contribution is -0.141. The van der Waals surface area contributed by atoms with Crippen molar-refractivity contribution in [2.45, 2.75) is 44.3 Å². The number of fused-ring (bicyclic) bond motifs is 3. The van der Waals surface area contributed by atoms with Gasteiger partial charge in [0, 0.05) is 12.7 Å². The summed E-state index contributed by atoms with van der Waals surface area (Å²) in [7, 11) is 4.80. The molecule has 0 bridgehead atoms. The average Bonchev–Trinajstić information content (AvgIpc) is 3.17. The maximum Gasteiger partial charge on any atom is 0.249 e. The minimum atomic E-state index is 0.0151. The topological polar surface area (TPSA) is 78.7 Å². The van der Waals surface area contributed by atoms with Crippen molar-refractivity contribution in [3.05, 3.63) is 24.0 Å². The monoisotopic (exact) mass is 386 g/mol. The van der Waals surface area contributed by atoms with Gasteiger partial charge in [-0.2, -0.15) is 0 Å². The third-order valence-corrected chi connectivity index (χ3v) is 5.73. The number of carbonyl (C=O) groups excluding carboxylic acids is 1. The fraction of sp³-hybridized carbons (Fsp3) is 0.550. The van der Waals surface area contributed by atoms with Crippen LogP contribution in [0.5, 0.6) is 11.5 Å². The van der Waals surface area contributed by atoms with Crippen LogP contribution in [0.3, 0.4) is 0 Å². The predicted molar refractivity (Wildman–Crippen MR) is 102 cm³/mol. The normalized spacial score (nSPS) is 21.0. The maximum absolute atomic E-state index is 12.6. The molecular weight excluding hydrogens is 360 g/mol. The van der Waals surface area contributed by atoms with Gasteiger partial charge in [0.25, 0.3) is 0 Å². The van der Waals surface area contributed by atoms with E-state index in [0.29, 0.717) is 18.0 Å². The van der Waals surface area contributed by atoms with E-state index in [9.17, 15) is 4.79 Å². The summed E-state index contributed by atoms with van der Waals surface area (Å²) in [5.41, 5.74) is 0.928. The molecule has 0 saturated heterocycles. The van der Waals surface area contributed by atoms with Crippen molar-refractivity contribution in [1.29, 1.82) is 0 Å². The van der Waals surface area contributed by atoms with Crippen molar-refractivity contribution < 1.29 is 19.0 Å². The molecule has 8 nitrogen and oxygen atoms in total. The van der Waals surface area contributed by atoms with Crippen molar-refractivity contribution in [3.63, 3.8) is 0 Å². The Morgan fingerprint density at radius 1 is 1.07 bits per heavy atom. The van der Waals surface area contributed by atoms with Crippen LogP contribution in [0.1, 0.15) is 37.5 Å². The number of hydrogen-bond donors (Lipinski definition) is 0. The van der Waals surface area contributed by atoms with Crippen LogP contribution in [0.15, 0.2) is 18.2 Å². The van der Waals surface area contributed by atoms with E-state index in [0.717, 1.165) is 42.9 Å². The van der Waals surface area contributed by atoms with Crippen LogP contribution >= 0.6 is 0 Å². The number of amides is 1. The Labute approximate surface area is 164 Å². The van der Waals surface area contributed by atoms with Gasteiger partial charge in [0.05, 0.1) is 32.8 Å². The second-order valence-electron chi connectivity index (χ2n) is 7.25. The molecule has 2 aromatic rings. The van der Waals surface area contributed by atoms with E-state index < -0.39 is 0 Å². The number of rotatable bonds is 5. The highest BCUT2D eigenvalue weighted by Crippen LogP contribution is 2.41. The molecule has 2 aliphatic rings. The molecule has 1 aliphatic carbocycles. The van der Waals surface area contributed by atoms with Crippen molar-refractivity contribution in [2.75, 3.05) is 27.9 Å². The van der Waals surface area contributed by atoms with Crippen LogP contribution in [0.4, 0.5) is 0 Å². The number of hydrogen-bond acceptors (Lipinski definition) is 6. The number of benzene rings is 1. The summed E-state index contributed by atoms with van der Waals surface area (Å²) in [6, 6.07) is 6.11. The van der Waals surface area contributed by atoms with E-state index >= 15 is 0 Å². The van der Waals surface area contributed by atoms with Gasteiger partial charge < -0.3 is 23.7 Å². The third-order valence-electron chi connectivity index (χ3n) is 5.73. The van der Waals surface area contributed by atoms with Gasteiger partial charge in [0.1, 0.15) is 6.61 Å². The van der Waals surface area contributed by atoms with E-state index in [1.807, 2.05) is 23.1 Å². The Kier molecular flexibility index (Phi) is 5.21. The van der Waals surface area contributed by atoms with Crippen LogP contribution in [-0.2, 0) is 16.1 Å². The van der Waals surface area contributed by atoms with E-state index in [1.165, 1.54) is 0 Å². The molecule has 2 atom stereocenters. The summed E-state index contributed by atoms with van der Waals surface area (Å²) < 4.78 is 18.1. The van der Waals surface area contributed by atoms with E-state index in [-0.39, 0.29) is 24.6 Å². The molecule has 150 valence electrons. The van der Waals surface area contributed by atoms with Crippen LogP contribution in [0, 0.1) is 0 Å². The lowest BCUT2D eigenvalue weighted by atomic mass is 9.87. The highest BCUT2D eigenvalue weighted by Gasteiger charge is 2.41. The Morgan fingerprint density at radius 2 is 1.82 bits per heavy atom. The first-order valence-electron chi connectivity index (χ1n) is 9.62. The standard InChI is InChI=1S/C20H26N4O4/c1-26-12-19(25)23-11-18-21-22-20(24(18)15-7-5-4-6-14(15)23)13-8-9-16(27-2)17(10-13)28-3/h8-10,14-15H,4-7,11-12H2,1-3H3. The highest BCUT2D eigenvalue weighted by atomic mass is 16.5. The lowest BCUT2D eigenvalue weighted by Crippen LogP contribution is -2.51. The fourth-order valence-electron chi connectivity index (χ4n) is 4.46. The molecular formula is C20H26N4O4. The van der Waals surface area contributed by atoms with Crippen LogP contribution in [0.2, 0.25) is 0 Å². The fourth-order valence-corrected chi connectivity index (χ4v) is 4.46. The number of nitrogens with zero attached hydrogens (tertiary/aromatic N) is 4. The lowest BCUT2D eigenvalue weighted by Gasteiger charge is -2.44. The Morgan fingerprint density at radius 3 is 2.54 bits per heavy atom. The summed E-state index contributed by atoms with van der Waals surface area (Å²) >= 11 is 0. The zero-order valence-electron chi connectivity index (χ0n) is 16.6. The molecule has 1 aromatic carbocycles. The Balaban J connectivity index is 1.75. The molecule has 0 spiro atoms. The molecule has 0 N–H and O–H groups in total. The molecule has 0 radical (unpaired) electrons. The van der Waals surface area contributed by atoms with Gasteiger partial charge in [-0.05, 0) is 31.0 Å². The Bertz CT molecular complexity index is 866. The summed E-state index contributed by atoms with van der Waals surface area (Å²) in [5.74, 6) is 2.98. The second kappa shape index (κ2) is 7.79. The van der Waals surface area contributed by atoms with Crippen molar-refractivity contribution in [1.82, 2.24) is 19.7 Å². The van der Waals surface area contributed by atoms with Gasteiger partial charge in [-0.15, -0.1) is 10.2 Å². The van der Waals surface area contributed by atoms with Crippen molar-refractivity contribution >= 4 is 5.91 Å². The first-order valence-corrected chi connectivity index (χ1v) is 9.62. The van der Waals surface area contributed by atoms with Gasteiger partial charge in [-0.25, -0.2) is 0 Å². The number of ether oxygens (including phenoxy) is 3. The van der Waals surface area contributed by atoms with E-state index in [2.05, 4.69) is 14.8 Å². The molecule has 2 unspecified atom stereocenters. The highest BCUT2D eigenvalue weighted by molar-refractivity contribution is 5.78. The number of aromatic nitrogens is 3. The molecule has 1 saturated carbocycles. The van der Waals surface area contributed by atoms with E-state index in [1.54, 1.807) is 21.3 Å². The summed E-state index contributed by atoms with van der Waals surface area (Å²) in [5, 5.41) is 8.90. The zero-order valence-corrected chi connectivity index (χ0v) is 16.6. The minimum absolute atomic E-state index is 0.0151. The zero-order chi connectivity index (χ0) is 19.7. The summed E-state index contributed by atoms with van der Waals surface area (Å²) in [6.07, 6.45) is 4.26. The van der Waals surface area contributed by atoms with Gasteiger partial charge >= 0.3 is 0 Å². The van der Waals surface area contributed by atoms with Crippen LogP contribution < -0.4 is 9.47 Å². The molecule has 28 heavy (non-hydrogen) atoms. The minimum Gasteiger partial charge on any atom is -0.493 e. The Hall–Kier alpha value is -2.61. The average molecular weight is 386 g/mol. The van der Waals surface area contributed by atoms with E-state index in [4.69, 9.17) is 14.2 Å². The molecule has 1 amide bonds. The quantitative estimate of drug-likeness (QED) is 0.785. The number of methoxy groups -OCH3 is 3. The van der Waals surface area contributed by atoms with Gasteiger partial charge in [0.15, 0.2) is 23.1 Å². The number of carbonyl (C=O) groups is 1. The molecule has 1 aliphatic heterocycles. The van der Waals surface area contributed by atoms with Crippen LogP contribution in [-0.4, -0.2) is 59.5 Å². The van der Waals surface area contributed by atoms with Crippen molar-refractivity contribution in [2.24, 2.45) is 0 Å². The van der Waals surface area contributed by atoms with Crippen molar-refractivity contribution in [3.8, 4) is 22.9 Å². The van der Waals surface area contributed by atoms with Gasteiger partial charge in [0.2, 0.25) is 5.91 Å². The summed E-state index contributed by atoms with van der Waals surface area (Å²) in [4.78, 5) is 14.5. The third kappa shape index (κ3) is 3.11.